The van der Waals surface area contributed by atoms with Crippen molar-refractivity contribution in [3.05, 3.63) is 59.9 Å². The zero-order valence-corrected chi connectivity index (χ0v) is 13.0. The second-order valence-electron chi connectivity index (χ2n) is 5.91. The van der Waals surface area contributed by atoms with E-state index in [9.17, 15) is 9.18 Å². The Kier molecular flexibility index (Phi) is 3.68. The lowest BCUT2D eigenvalue weighted by atomic mass is 9.94. The molecule has 0 aliphatic carbocycles. The van der Waals surface area contributed by atoms with Gasteiger partial charge in [-0.15, -0.1) is 0 Å². The van der Waals surface area contributed by atoms with E-state index >= 15 is 0 Å². The molecule has 3 heterocycles. The molecule has 1 aliphatic rings. The SMILES string of the molecule is O=C(c1ccccc1F)N1CCCC(c2ccnc3ncnn23)C1. The number of amides is 1. The molecule has 0 saturated carbocycles. The third-order valence-electron chi connectivity index (χ3n) is 4.44. The number of benzene rings is 1. The van der Waals surface area contributed by atoms with Crippen molar-refractivity contribution in [3.63, 3.8) is 0 Å². The van der Waals surface area contributed by atoms with Gasteiger partial charge in [0.15, 0.2) is 0 Å². The Morgan fingerprint density at radius 1 is 1.21 bits per heavy atom. The molecule has 24 heavy (non-hydrogen) atoms. The molecule has 0 radical (unpaired) electrons. The lowest BCUT2D eigenvalue weighted by Crippen LogP contribution is -2.40. The number of likely N-dealkylation sites (tertiary alicyclic amines) is 1. The van der Waals surface area contributed by atoms with Crippen LogP contribution in [-0.2, 0) is 0 Å². The first-order valence-electron chi connectivity index (χ1n) is 7.92. The van der Waals surface area contributed by atoms with E-state index in [0.29, 0.717) is 18.9 Å². The molecular formula is C17H16FN5O. The molecular weight excluding hydrogens is 309 g/mol. The van der Waals surface area contributed by atoms with Gasteiger partial charge in [0.1, 0.15) is 12.1 Å². The average Bonchev–Trinajstić information content (AvgIpc) is 3.10. The Balaban J connectivity index is 1.61. The van der Waals surface area contributed by atoms with Gasteiger partial charge in [0.05, 0.1) is 11.3 Å². The van der Waals surface area contributed by atoms with Crippen LogP contribution in [0.2, 0.25) is 0 Å². The summed E-state index contributed by atoms with van der Waals surface area (Å²) < 4.78 is 15.6. The largest absolute Gasteiger partial charge is 0.338 e. The van der Waals surface area contributed by atoms with E-state index in [2.05, 4.69) is 15.1 Å². The summed E-state index contributed by atoms with van der Waals surface area (Å²) in [7, 11) is 0. The number of nitrogens with zero attached hydrogens (tertiary/aromatic N) is 5. The Morgan fingerprint density at radius 2 is 2.08 bits per heavy atom. The second-order valence-corrected chi connectivity index (χ2v) is 5.91. The summed E-state index contributed by atoms with van der Waals surface area (Å²) in [5, 5.41) is 4.22. The van der Waals surface area contributed by atoms with Crippen molar-refractivity contribution in [2.45, 2.75) is 18.8 Å². The van der Waals surface area contributed by atoms with Gasteiger partial charge >= 0.3 is 0 Å². The lowest BCUT2D eigenvalue weighted by molar-refractivity contribution is 0.0700. The van der Waals surface area contributed by atoms with Crippen LogP contribution in [-0.4, -0.2) is 43.5 Å². The summed E-state index contributed by atoms with van der Waals surface area (Å²) >= 11 is 0. The molecule has 2 aromatic heterocycles. The highest BCUT2D eigenvalue weighted by molar-refractivity contribution is 5.94. The first kappa shape index (κ1) is 14.7. The van der Waals surface area contributed by atoms with Crippen LogP contribution >= 0.6 is 0 Å². The average molecular weight is 325 g/mol. The zero-order chi connectivity index (χ0) is 16.5. The van der Waals surface area contributed by atoms with Crippen LogP contribution in [0.4, 0.5) is 4.39 Å². The smallest absolute Gasteiger partial charge is 0.256 e. The van der Waals surface area contributed by atoms with Crippen molar-refractivity contribution in [2.75, 3.05) is 13.1 Å². The van der Waals surface area contributed by atoms with Crippen LogP contribution in [0.5, 0.6) is 0 Å². The molecule has 0 N–H and O–H groups in total. The van der Waals surface area contributed by atoms with Gasteiger partial charge in [0.25, 0.3) is 11.7 Å². The van der Waals surface area contributed by atoms with Crippen LogP contribution in [0, 0.1) is 5.82 Å². The monoisotopic (exact) mass is 325 g/mol. The maximum Gasteiger partial charge on any atom is 0.256 e. The van der Waals surface area contributed by atoms with Crippen molar-refractivity contribution in [1.29, 1.82) is 0 Å². The minimum atomic E-state index is -0.479. The molecule has 1 atom stereocenters. The summed E-state index contributed by atoms with van der Waals surface area (Å²) in [6.45, 7) is 1.17. The van der Waals surface area contributed by atoms with E-state index in [0.717, 1.165) is 18.5 Å². The van der Waals surface area contributed by atoms with Gasteiger partial charge in [-0.1, -0.05) is 12.1 Å². The van der Waals surface area contributed by atoms with Crippen molar-refractivity contribution in [3.8, 4) is 0 Å². The van der Waals surface area contributed by atoms with Gasteiger partial charge in [-0.3, -0.25) is 4.79 Å². The van der Waals surface area contributed by atoms with Crippen LogP contribution in [0.3, 0.4) is 0 Å². The number of aromatic nitrogens is 4. The molecule has 0 bridgehead atoms. The highest BCUT2D eigenvalue weighted by Gasteiger charge is 2.28. The second kappa shape index (κ2) is 5.99. The number of hydrogen-bond donors (Lipinski definition) is 0. The molecule has 1 unspecified atom stereocenters. The fourth-order valence-electron chi connectivity index (χ4n) is 3.27. The Labute approximate surface area is 138 Å². The predicted molar refractivity (Wildman–Crippen MR) is 85.1 cm³/mol. The lowest BCUT2D eigenvalue weighted by Gasteiger charge is -2.33. The quantitative estimate of drug-likeness (QED) is 0.725. The summed E-state index contributed by atoms with van der Waals surface area (Å²) in [6.07, 6.45) is 4.98. The minimum Gasteiger partial charge on any atom is -0.338 e. The summed E-state index contributed by atoms with van der Waals surface area (Å²) in [4.78, 5) is 22.6. The number of piperidine rings is 1. The molecule has 1 amide bonds. The molecule has 1 saturated heterocycles. The van der Waals surface area contributed by atoms with Crippen molar-refractivity contribution in [2.24, 2.45) is 0 Å². The number of carbonyl (C=O) groups excluding carboxylic acids is 1. The first-order chi connectivity index (χ1) is 11.7. The molecule has 1 aromatic carbocycles. The molecule has 3 aromatic rings. The van der Waals surface area contributed by atoms with Crippen LogP contribution in [0.15, 0.2) is 42.9 Å². The first-order valence-corrected chi connectivity index (χ1v) is 7.92. The van der Waals surface area contributed by atoms with Crippen LogP contribution < -0.4 is 0 Å². The van der Waals surface area contributed by atoms with Gasteiger partial charge in [0.2, 0.25) is 0 Å². The van der Waals surface area contributed by atoms with Gasteiger partial charge < -0.3 is 4.90 Å². The Morgan fingerprint density at radius 3 is 2.96 bits per heavy atom. The highest BCUT2D eigenvalue weighted by atomic mass is 19.1. The van der Waals surface area contributed by atoms with Gasteiger partial charge in [0, 0.05) is 25.2 Å². The standard InChI is InChI=1S/C17H16FN5O/c18-14-6-2-1-5-13(14)16(24)22-9-3-4-12(10-22)15-7-8-19-17-20-11-21-23(15)17/h1-2,5-8,11-12H,3-4,9-10H2. The van der Waals surface area contributed by atoms with Gasteiger partial charge in [-0.25, -0.2) is 13.9 Å². The topological polar surface area (TPSA) is 63.4 Å². The molecule has 122 valence electrons. The minimum absolute atomic E-state index is 0.124. The maximum atomic E-state index is 13.9. The van der Waals surface area contributed by atoms with E-state index in [1.165, 1.54) is 18.5 Å². The zero-order valence-electron chi connectivity index (χ0n) is 13.0. The van der Waals surface area contributed by atoms with Crippen molar-refractivity contribution in [1.82, 2.24) is 24.5 Å². The highest BCUT2D eigenvalue weighted by Crippen LogP contribution is 2.27. The fraction of sp³-hybridized carbons (Fsp3) is 0.294. The molecule has 6 nitrogen and oxygen atoms in total. The number of rotatable bonds is 2. The molecule has 7 heteroatoms. The molecule has 4 rings (SSSR count). The van der Waals surface area contributed by atoms with Crippen molar-refractivity contribution >= 4 is 11.7 Å². The maximum absolute atomic E-state index is 13.9. The van der Waals surface area contributed by atoms with Crippen molar-refractivity contribution < 1.29 is 9.18 Å². The van der Waals surface area contributed by atoms with E-state index in [1.54, 1.807) is 27.7 Å². The molecule has 0 spiro atoms. The normalized spacial score (nSPS) is 18.0. The number of hydrogen-bond acceptors (Lipinski definition) is 4. The van der Waals surface area contributed by atoms with E-state index < -0.39 is 5.82 Å². The third-order valence-corrected chi connectivity index (χ3v) is 4.44. The van der Waals surface area contributed by atoms with Crippen LogP contribution in [0.1, 0.15) is 34.8 Å². The van der Waals surface area contributed by atoms with E-state index in [1.807, 2.05) is 6.07 Å². The molecule has 1 fully saturated rings. The fourth-order valence-corrected chi connectivity index (χ4v) is 3.27. The van der Waals surface area contributed by atoms with Gasteiger partial charge in [-0.05, 0) is 31.0 Å². The predicted octanol–water partition coefficient (Wildman–Crippen LogP) is 2.28. The number of halogens is 1. The Bertz CT molecular complexity index is 893. The van der Waals surface area contributed by atoms with Gasteiger partial charge in [-0.2, -0.15) is 10.1 Å². The summed E-state index contributed by atoms with van der Waals surface area (Å²) in [6, 6.07) is 8.02. The summed E-state index contributed by atoms with van der Waals surface area (Å²) in [5.74, 6) is -0.0689. The Hall–Kier alpha value is -2.83. The van der Waals surface area contributed by atoms with E-state index in [4.69, 9.17) is 0 Å². The number of fused-ring (bicyclic) bond motifs is 1. The third kappa shape index (κ3) is 2.51. The molecule has 1 aliphatic heterocycles. The van der Waals surface area contributed by atoms with E-state index in [-0.39, 0.29) is 17.4 Å². The van der Waals surface area contributed by atoms with Crippen LogP contribution in [0.25, 0.3) is 5.78 Å². The summed E-state index contributed by atoms with van der Waals surface area (Å²) in [5.41, 5.74) is 1.10. The number of carbonyl (C=O) groups is 1.